The highest BCUT2D eigenvalue weighted by Gasteiger charge is 2.32. The second kappa shape index (κ2) is 22.9. The smallest absolute Gasteiger partial charge is 0.361 e. The Labute approximate surface area is 440 Å². The van der Waals surface area contributed by atoms with Crippen molar-refractivity contribution < 1.29 is 39.0 Å². The number of aromatic nitrogens is 6. The van der Waals surface area contributed by atoms with Gasteiger partial charge in [0, 0.05) is 88.1 Å². The van der Waals surface area contributed by atoms with Crippen LogP contribution in [0.4, 0.5) is 0 Å². The normalized spacial score (nSPS) is 11.8. The van der Waals surface area contributed by atoms with Crippen LogP contribution >= 0.6 is 0 Å². The number of quaternary nitrogens is 1. The third-order valence-corrected chi connectivity index (χ3v) is 14.2. The van der Waals surface area contributed by atoms with Crippen molar-refractivity contribution in [2.75, 3.05) is 58.9 Å². The third kappa shape index (κ3) is 9.90. The summed E-state index contributed by atoms with van der Waals surface area (Å²) in [4.78, 5) is 89.9. The Morgan fingerprint density at radius 1 is 0.539 bits per heavy atom. The molecule has 2 aliphatic heterocycles. The molecule has 0 spiro atoms. The molecule has 0 radical (unpaired) electrons. The summed E-state index contributed by atoms with van der Waals surface area (Å²) in [5, 5.41) is 20.4. The first-order valence-electron chi connectivity index (χ1n) is 26.2. The summed E-state index contributed by atoms with van der Waals surface area (Å²) < 4.78 is 6.64. The number of nitrogens with zero attached hydrogens (tertiary/aromatic N) is 10. The molecule has 0 saturated heterocycles. The Hall–Kier alpha value is -8.64. The van der Waals surface area contributed by atoms with Crippen LogP contribution in [0.2, 0.25) is 0 Å². The molecule has 3 N–H and O–H groups in total. The number of nitrogens with one attached hydrogen (secondary N) is 1. The van der Waals surface area contributed by atoms with Crippen LogP contribution < -0.4 is 20.3 Å². The van der Waals surface area contributed by atoms with E-state index in [1.807, 2.05) is 59.7 Å². The number of hydrogen-bond acceptors (Lipinski definition) is 10. The molecule has 390 valence electrons. The summed E-state index contributed by atoms with van der Waals surface area (Å²) in [6.07, 6.45) is 0. The van der Waals surface area contributed by atoms with Crippen LogP contribution in [0.1, 0.15) is 99.7 Å². The summed E-state index contributed by atoms with van der Waals surface area (Å²) in [6, 6.07) is 33.2. The number of hydrogen-bond donors (Lipinski definition) is 2. The fourth-order valence-electron chi connectivity index (χ4n) is 10.4. The van der Waals surface area contributed by atoms with Gasteiger partial charge in [0.2, 0.25) is 11.0 Å². The van der Waals surface area contributed by atoms with Crippen LogP contribution in [0.15, 0.2) is 114 Å². The monoisotopic (exact) mass is 1020 g/mol. The molecule has 2 aliphatic rings. The second-order valence-electron chi connectivity index (χ2n) is 18.3. The maximum atomic E-state index is 13.8. The molecule has 18 nitrogen and oxygen atoms in total. The molecule has 0 atom stereocenters. The Morgan fingerprint density at radius 2 is 0.961 bits per heavy atom. The minimum atomic E-state index is -0.526. The highest BCUT2D eigenvalue weighted by atomic mass is 16.3. The van der Waals surface area contributed by atoms with Crippen LogP contribution in [0.25, 0.3) is 55.0 Å². The number of carbonyl (C=O) groups excluding carboxylic acids is 5. The van der Waals surface area contributed by atoms with Gasteiger partial charge in [0.1, 0.15) is 29.3 Å². The predicted molar refractivity (Wildman–Crippen MR) is 290 cm³/mol. The number of pyridine rings is 6. The summed E-state index contributed by atoms with van der Waals surface area (Å²) >= 11 is 0. The van der Waals surface area contributed by atoms with Gasteiger partial charge < -0.3 is 34.3 Å². The number of nitrogens with two attached hydrogens (primary N) is 1. The Balaban J connectivity index is 1.11. The van der Waals surface area contributed by atoms with E-state index in [0.29, 0.717) is 65.4 Å². The molecule has 18 heteroatoms. The van der Waals surface area contributed by atoms with Gasteiger partial charge in [0.15, 0.2) is 12.2 Å². The van der Waals surface area contributed by atoms with E-state index in [-0.39, 0.29) is 70.9 Å². The van der Waals surface area contributed by atoms with Gasteiger partial charge in [-0.3, -0.25) is 29.5 Å². The summed E-state index contributed by atoms with van der Waals surface area (Å²) in [5.74, 6) is -1.93. The molecule has 0 fully saturated rings. The Kier molecular flexibility index (Phi) is 15.7. The zero-order valence-corrected chi connectivity index (χ0v) is 43.9. The molecule has 0 bridgehead atoms. The van der Waals surface area contributed by atoms with Crippen molar-refractivity contribution in [2.24, 2.45) is 4.99 Å². The fraction of sp³-hybridized carbons (Fsp3) is 0.310. The first-order valence-corrected chi connectivity index (χ1v) is 26.2. The molecule has 76 heavy (non-hydrogen) atoms. The van der Waals surface area contributed by atoms with E-state index in [1.54, 1.807) is 74.6 Å². The van der Waals surface area contributed by atoms with E-state index in [4.69, 9.17) is 0 Å². The minimum Gasteiger partial charge on any atom is -0.857 e. The summed E-state index contributed by atoms with van der Waals surface area (Å²) in [7, 11) is 0. The molecule has 0 saturated carbocycles. The van der Waals surface area contributed by atoms with Crippen LogP contribution in [0, 0.1) is 0 Å². The lowest BCUT2D eigenvalue weighted by Crippen LogP contribution is -2.89. The predicted octanol–water partition coefficient (Wildman–Crippen LogP) is 5.00. The molecule has 0 unspecified atom stereocenters. The van der Waals surface area contributed by atoms with Gasteiger partial charge in [0.25, 0.3) is 23.6 Å². The van der Waals surface area contributed by atoms with E-state index in [0.717, 1.165) is 55.0 Å². The topological polar surface area (TPSA) is 212 Å². The molecule has 4 aromatic heterocycles. The maximum absolute atomic E-state index is 13.8. The fourth-order valence-corrected chi connectivity index (χ4v) is 10.4. The van der Waals surface area contributed by atoms with Gasteiger partial charge in [-0.1, -0.05) is 36.4 Å². The number of rotatable bonds is 21. The average molecular weight is 1020 g/mol. The molecule has 6 heterocycles. The largest absolute Gasteiger partial charge is 0.857 e. The number of amides is 5. The van der Waals surface area contributed by atoms with Crippen molar-refractivity contribution in [1.29, 1.82) is 0 Å². The van der Waals surface area contributed by atoms with Crippen molar-refractivity contribution in [3.63, 3.8) is 0 Å². The van der Waals surface area contributed by atoms with Crippen LogP contribution in [-0.4, -0.2) is 133 Å². The van der Waals surface area contributed by atoms with Crippen molar-refractivity contribution in [3.8, 4) is 11.1 Å². The lowest BCUT2D eigenvalue weighted by molar-refractivity contribution is -0.690. The van der Waals surface area contributed by atoms with Crippen molar-refractivity contribution in [2.45, 2.75) is 61.2 Å². The van der Waals surface area contributed by atoms with Gasteiger partial charge in [-0.05, 0) is 102 Å². The second-order valence-corrected chi connectivity index (χ2v) is 18.3. The van der Waals surface area contributed by atoms with E-state index < -0.39 is 11.8 Å². The summed E-state index contributed by atoms with van der Waals surface area (Å²) in [5.41, 5.74) is 8.67. The quantitative estimate of drug-likeness (QED) is 0.0326. The molecule has 7 aromatic rings. The number of primary amides is 1. The van der Waals surface area contributed by atoms with Crippen molar-refractivity contribution in [1.82, 2.24) is 44.1 Å². The minimum absolute atomic E-state index is 0.0902. The van der Waals surface area contributed by atoms with Gasteiger partial charge in [-0.25, -0.2) is 19.7 Å². The lowest BCUT2D eigenvalue weighted by Gasteiger charge is -2.28. The first-order chi connectivity index (χ1) is 37.0. The van der Waals surface area contributed by atoms with Crippen LogP contribution in [0.5, 0.6) is 0 Å². The SMILES string of the molecule is CCN(CC)C(=O)c1cccc(C(=O)NCCn2c3cccc4c3-c3c5c(cccc5[n+](CC[NH2+]C(=O)c5cccc(C(=O)N(CC)CC)n5)c5cccc2c35)n4CCN=C([O-])c2cccc(C(=O)N(CC)CC)n2)n1. The lowest BCUT2D eigenvalue weighted by atomic mass is 9.89. The molecular weight excluding hydrogens is 961 g/mol. The van der Waals surface area contributed by atoms with Crippen LogP contribution in [0.3, 0.4) is 0 Å². The first kappa shape index (κ1) is 52.2. The Bertz CT molecular complexity index is 3630. The zero-order valence-electron chi connectivity index (χ0n) is 43.9. The standard InChI is InChI=1S/C58H62N12O6/c1-7-65(8-2)56(74)40-22-13-19-37(62-40)53(71)59-31-34-68-43-25-16-27-45-49(43)52-50-44(68)26-17-28-46(50)70(36-33-61-55(73)39-21-15-24-42(64-39)58(76)67(11-5)12-6)48-30-18-29-47(51(48)52)69(45)35-32-60-54(72)38-20-14-23-41(63-38)57(75)66(9-3)10-4/h13-30H,7-12,31-36H2,1-6H3,(H2-,59,60,61,71,72,73)/p+1. The zero-order chi connectivity index (χ0) is 53.6. The van der Waals surface area contributed by atoms with E-state index in [2.05, 4.69) is 75.4 Å². The van der Waals surface area contributed by atoms with E-state index in [1.165, 1.54) is 0 Å². The highest BCUT2D eigenvalue weighted by Crippen LogP contribution is 2.47. The van der Waals surface area contributed by atoms with Gasteiger partial charge >= 0.3 is 5.91 Å². The van der Waals surface area contributed by atoms with Crippen LogP contribution in [-0.2, 0) is 19.6 Å². The van der Waals surface area contributed by atoms with E-state index in [9.17, 15) is 29.1 Å². The van der Waals surface area contributed by atoms with Crippen molar-refractivity contribution in [3.05, 3.63) is 143 Å². The van der Waals surface area contributed by atoms with Gasteiger partial charge in [0.05, 0.1) is 45.1 Å². The average Bonchev–Trinajstić information content (AvgIpc) is 3.56. The maximum Gasteiger partial charge on any atom is 0.361 e. The number of carbonyl (C=O) groups is 5. The molecule has 9 rings (SSSR count). The highest BCUT2D eigenvalue weighted by molar-refractivity contribution is 6.24. The number of aliphatic imine (C=N–C) groups is 1. The van der Waals surface area contributed by atoms with Crippen molar-refractivity contribution >= 4 is 79.3 Å². The Morgan fingerprint density at radius 3 is 1.49 bits per heavy atom. The van der Waals surface area contributed by atoms with Gasteiger partial charge in [-0.2, -0.15) is 4.57 Å². The van der Waals surface area contributed by atoms with Gasteiger partial charge in [-0.15, -0.1) is 0 Å². The molecular formula is C58H63N12O6+. The molecule has 3 aromatic carbocycles. The third-order valence-electron chi connectivity index (χ3n) is 14.2. The summed E-state index contributed by atoms with van der Waals surface area (Å²) in [6.45, 7) is 16.3. The number of benzene rings is 3. The molecule has 0 aliphatic carbocycles. The molecule has 5 amide bonds. The van der Waals surface area contributed by atoms with E-state index >= 15 is 0 Å².